The van der Waals surface area contributed by atoms with Gasteiger partial charge in [0.15, 0.2) is 11.4 Å². The molecule has 1 saturated heterocycles. The maximum atomic E-state index is 12.4. The number of nitrogens with zero attached hydrogens (tertiary/aromatic N) is 2. The zero-order chi connectivity index (χ0) is 20.2. The Kier molecular flexibility index (Phi) is 5.28. The molecule has 4 N–H and O–H groups in total. The van der Waals surface area contributed by atoms with E-state index in [0.29, 0.717) is 6.42 Å². The Hall–Kier alpha value is -3.62. The monoisotopic (exact) mass is 389 g/mol. The van der Waals surface area contributed by atoms with E-state index in [1.807, 2.05) is 18.2 Å². The second-order valence-electron chi connectivity index (χ2n) is 6.65. The molecule has 1 aliphatic rings. The number of nitrogens with one attached hydrogen (secondary N) is 3. The molecule has 1 fully saturated rings. The van der Waals surface area contributed by atoms with Gasteiger partial charge >= 0.3 is 5.97 Å². The molecule has 0 aliphatic carbocycles. The Labute approximate surface area is 167 Å². The van der Waals surface area contributed by atoms with Crippen LogP contribution >= 0.6 is 0 Å². The van der Waals surface area contributed by atoms with E-state index in [-0.39, 0.29) is 23.6 Å². The van der Waals surface area contributed by atoms with Crippen LogP contribution < -0.4 is 16.2 Å². The standard InChI is InChI=1S/C21H19N5O3/c27-20(18-19(21(28)29)23-11-10-22-18)24-17-12-16(25-26-17)15-8-6-14(7-9-15)13-4-2-1-3-5-13/h1-11,16-17,25-26H,12H2,(H,24,27)(H,28,29). The number of benzene rings is 2. The molecule has 8 nitrogen and oxygen atoms in total. The fourth-order valence-electron chi connectivity index (χ4n) is 3.29. The van der Waals surface area contributed by atoms with Crippen LogP contribution in [0.2, 0.25) is 0 Å². The normalized spacial score (nSPS) is 18.3. The fraction of sp³-hybridized carbons (Fsp3) is 0.143. The number of aromatic carboxylic acids is 1. The van der Waals surface area contributed by atoms with Crippen LogP contribution in [0.25, 0.3) is 11.1 Å². The third-order valence-corrected chi connectivity index (χ3v) is 4.74. The van der Waals surface area contributed by atoms with Crippen LogP contribution in [0.4, 0.5) is 0 Å². The van der Waals surface area contributed by atoms with Crippen molar-refractivity contribution in [1.29, 1.82) is 0 Å². The minimum Gasteiger partial charge on any atom is -0.476 e. The molecule has 2 aromatic carbocycles. The summed E-state index contributed by atoms with van der Waals surface area (Å²) in [4.78, 5) is 31.2. The molecule has 29 heavy (non-hydrogen) atoms. The van der Waals surface area contributed by atoms with Crippen LogP contribution in [0.5, 0.6) is 0 Å². The number of hydrazine groups is 1. The Balaban J connectivity index is 1.41. The van der Waals surface area contributed by atoms with E-state index in [2.05, 4.69) is 62.5 Å². The van der Waals surface area contributed by atoms with Gasteiger partial charge in [-0.2, -0.15) is 0 Å². The van der Waals surface area contributed by atoms with Gasteiger partial charge in [-0.05, 0) is 16.7 Å². The highest BCUT2D eigenvalue weighted by Crippen LogP contribution is 2.25. The first-order valence-electron chi connectivity index (χ1n) is 9.13. The van der Waals surface area contributed by atoms with E-state index in [9.17, 15) is 9.59 Å². The van der Waals surface area contributed by atoms with Gasteiger partial charge in [0.2, 0.25) is 0 Å². The van der Waals surface area contributed by atoms with E-state index in [4.69, 9.17) is 5.11 Å². The number of hydrogen-bond donors (Lipinski definition) is 4. The van der Waals surface area contributed by atoms with Crippen LogP contribution in [0, 0.1) is 0 Å². The summed E-state index contributed by atoms with van der Waals surface area (Å²) < 4.78 is 0. The summed E-state index contributed by atoms with van der Waals surface area (Å²) in [5.74, 6) is -1.88. The molecule has 3 aromatic rings. The maximum Gasteiger partial charge on any atom is 0.356 e. The van der Waals surface area contributed by atoms with Gasteiger partial charge in [0.25, 0.3) is 5.91 Å². The third kappa shape index (κ3) is 4.13. The lowest BCUT2D eigenvalue weighted by molar-refractivity contribution is 0.0682. The summed E-state index contributed by atoms with van der Waals surface area (Å²) in [6, 6.07) is 18.4. The molecule has 2 unspecified atom stereocenters. The second kappa shape index (κ2) is 8.17. The fourth-order valence-corrected chi connectivity index (χ4v) is 3.29. The summed E-state index contributed by atoms with van der Waals surface area (Å²) in [7, 11) is 0. The summed E-state index contributed by atoms with van der Waals surface area (Å²) in [5, 5.41) is 11.9. The van der Waals surface area contributed by atoms with E-state index in [0.717, 1.165) is 16.7 Å². The average Bonchev–Trinajstić information content (AvgIpc) is 3.23. The maximum absolute atomic E-state index is 12.4. The molecule has 1 amide bonds. The molecule has 8 heteroatoms. The highest BCUT2D eigenvalue weighted by atomic mass is 16.4. The number of aromatic nitrogens is 2. The first-order valence-corrected chi connectivity index (χ1v) is 9.13. The molecule has 0 spiro atoms. The molecular formula is C21H19N5O3. The zero-order valence-corrected chi connectivity index (χ0v) is 15.4. The highest BCUT2D eigenvalue weighted by molar-refractivity contribution is 6.02. The largest absolute Gasteiger partial charge is 0.476 e. The summed E-state index contributed by atoms with van der Waals surface area (Å²) >= 11 is 0. The lowest BCUT2D eigenvalue weighted by atomic mass is 9.99. The predicted octanol–water partition coefficient (Wildman–Crippen LogP) is 2.14. The quantitative estimate of drug-likeness (QED) is 0.528. The van der Waals surface area contributed by atoms with Gasteiger partial charge in [0.1, 0.15) is 0 Å². The molecule has 0 radical (unpaired) electrons. The smallest absolute Gasteiger partial charge is 0.356 e. The van der Waals surface area contributed by atoms with Crippen molar-refractivity contribution < 1.29 is 14.7 Å². The molecule has 4 rings (SSSR count). The topological polar surface area (TPSA) is 116 Å². The molecule has 1 aromatic heterocycles. The van der Waals surface area contributed by atoms with Crippen LogP contribution in [0.1, 0.15) is 39.0 Å². The van der Waals surface area contributed by atoms with E-state index >= 15 is 0 Å². The molecular weight excluding hydrogens is 370 g/mol. The van der Waals surface area contributed by atoms with Crippen molar-refractivity contribution in [1.82, 2.24) is 26.1 Å². The molecule has 0 bridgehead atoms. The third-order valence-electron chi connectivity index (χ3n) is 4.74. The van der Waals surface area contributed by atoms with E-state index in [1.165, 1.54) is 12.4 Å². The summed E-state index contributed by atoms with van der Waals surface area (Å²) in [6.45, 7) is 0. The van der Waals surface area contributed by atoms with Crippen molar-refractivity contribution in [2.45, 2.75) is 18.6 Å². The Bertz CT molecular complexity index is 1020. The molecule has 2 heterocycles. The first-order chi connectivity index (χ1) is 14.1. The number of amides is 1. The van der Waals surface area contributed by atoms with Crippen LogP contribution in [0.15, 0.2) is 67.0 Å². The van der Waals surface area contributed by atoms with Gasteiger partial charge in [-0.3, -0.25) is 4.79 Å². The Morgan fingerprint density at radius 3 is 2.24 bits per heavy atom. The van der Waals surface area contributed by atoms with Gasteiger partial charge in [-0.15, -0.1) is 0 Å². The number of rotatable bonds is 5. The predicted molar refractivity (Wildman–Crippen MR) is 106 cm³/mol. The Morgan fingerprint density at radius 1 is 0.897 bits per heavy atom. The molecule has 2 atom stereocenters. The molecule has 1 aliphatic heterocycles. The second-order valence-corrected chi connectivity index (χ2v) is 6.65. The number of carbonyl (C=O) groups is 2. The lowest BCUT2D eigenvalue weighted by Crippen LogP contribution is -2.44. The van der Waals surface area contributed by atoms with Crippen molar-refractivity contribution in [2.75, 3.05) is 0 Å². The SMILES string of the molecule is O=C(O)c1nccnc1C(=O)NC1CC(c2ccc(-c3ccccc3)cc2)NN1. The van der Waals surface area contributed by atoms with E-state index < -0.39 is 11.9 Å². The first kappa shape index (κ1) is 18.7. The van der Waals surface area contributed by atoms with Gasteiger partial charge in [-0.1, -0.05) is 54.6 Å². The minimum atomic E-state index is -1.29. The lowest BCUT2D eigenvalue weighted by Gasteiger charge is -2.12. The summed E-state index contributed by atoms with van der Waals surface area (Å²) in [5.41, 5.74) is 8.97. The van der Waals surface area contributed by atoms with Gasteiger partial charge in [0, 0.05) is 24.9 Å². The van der Waals surface area contributed by atoms with Crippen molar-refractivity contribution in [2.24, 2.45) is 0 Å². The van der Waals surface area contributed by atoms with Gasteiger partial charge in [-0.25, -0.2) is 25.6 Å². The van der Waals surface area contributed by atoms with Crippen LogP contribution in [-0.2, 0) is 0 Å². The van der Waals surface area contributed by atoms with Crippen molar-refractivity contribution in [3.8, 4) is 11.1 Å². The highest BCUT2D eigenvalue weighted by Gasteiger charge is 2.28. The van der Waals surface area contributed by atoms with Crippen LogP contribution in [0.3, 0.4) is 0 Å². The van der Waals surface area contributed by atoms with Crippen molar-refractivity contribution in [3.63, 3.8) is 0 Å². The number of carboxylic acid groups (broad SMARTS) is 1. The van der Waals surface area contributed by atoms with Crippen LogP contribution in [-0.4, -0.2) is 33.1 Å². The van der Waals surface area contributed by atoms with Crippen molar-refractivity contribution >= 4 is 11.9 Å². The number of hydrogen-bond acceptors (Lipinski definition) is 6. The molecule has 146 valence electrons. The van der Waals surface area contributed by atoms with E-state index in [1.54, 1.807) is 0 Å². The Morgan fingerprint density at radius 2 is 1.55 bits per heavy atom. The van der Waals surface area contributed by atoms with Gasteiger partial charge < -0.3 is 10.4 Å². The number of carboxylic acids is 1. The van der Waals surface area contributed by atoms with Gasteiger partial charge in [0.05, 0.1) is 6.17 Å². The summed E-state index contributed by atoms with van der Waals surface area (Å²) in [6.07, 6.45) is 2.76. The zero-order valence-electron chi connectivity index (χ0n) is 15.4. The molecule has 0 saturated carbocycles. The average molecular weight is 389 g/mol. The van der Waals surface area contributed by atoms with Crippen molar-refractivity contribution in [3.05, 3.63) is 83.9 Å². The number of carbonyl (C=O) groups excluding carboxylic acids is 1. The minimum absolute atomic E-state index is 0.00549.